The molecule has 2 rings (SSSR count). The first-order chi connectivity index (χ1) is 8.29. The largest absolute Gasteiger partial charge is 0.489 e. The van der Waals surface area contributed by atoms with Crippen molar-refractivity contribution < 1.29 is 4.74 Å². The fourth-order valence-corrected chi connectivity index (χ4v) is 1.90. The molecular formula is C14H14BrNO. The number of halogens is 1. The minimum Gasteiger partial charge on any atom is -0.489 e. The third-order valence-electron chi connectivity index (χ3n) is 2.51. The molecule has 0 radical (unpaired) electrons. The zero-order chi connectivity index (χ0) is 12.1. The maximum Gasteiger partial charge on any atom is 0.119 e. The monoisotopic (exact) mass is 291 g/mol. The second-order valence-electron chi connectivity index (χ2n) is 3.73. The maximum atomic E-state index is 5.70. The van der Waals surface area contributed by atoms with Gasteiger partial charge < -0.3 is 10.5 Å². The molecular weight excluding hydrogens is 278 g/mol. The van der Waals surface area contributed by atoms with Crippen molar-refractivity contribution in [3.05, 3.63) is 64.1 Å². The summed E-state index contributed by atoms with van der Waals surface area (Å²) in [5, 5.41) is 0. The van der Waals surface area contributed by atoms with Crippen LogP contribution in [0.3, 0.4) is 0 Å². The van der Waals surface area contributed by atoms with Gasteiger partial charge in [-0.05, 0) is 23.8 Å². The second kappa shape index (κ2) is 5.84. The summed E-state index contributed by atoms with van der Waals surface area (Å²) in [5.74, 6) is 0.859. The summed E-state index contributed by atoms with van der Waals surface area (Å²) in [4.78, 5) is 0. The predicted molar refractivity (Wildman–Crippen MR) is 72.8 cm³/mol. The Hall–Kier alpha value is -1.32. The van der Waals surface area contributed by atoms with E-state index in [0.29, 0.717) is 13.2 Å². The summed E-state index contributed by atoms with van der Waals surface area (Å²) in [6, 6.07) is 15.9. The summed E-state index contributed by atoms with van der Waals surface area (Å²) in [6.45, 7) is 1.12. The molecule has 0 spiro atoms. The molecule has 3 heteroatoms. The lowest BCUT2D eigenvalue weighted by atomic mass is 10.2. The average molecular weight is 292 g/mol. The number of nitrogens with two attached hydrogens (primary N) is 1. The summed E-state index contributed by atoms with van der Waals surface area (Å²) < 4.78 is 6.77. The average Bonchev–Trinajstić information content (AvgIpc) is 2.38. The second-order valence-corrected chi connectivity index (χ2v) is 4.58. The predicted octanol–water partition coefficient (Wildman–Crippen LogP) is 3.49. The molecule has 0 heterocycles. The van der Waals surface area contributed by atoms with Gasteiger partial charge in [-0.25, -0.2) is 0 Å². The van der Waals surface area contributed by atoms with Crippen molar-refractivity contribution in [1.29, 1.82) is 0 Å². The van der Waals surface area contributed by atoms with Gasteiger partial charge in [0, 0.05) is 16.6 Å². The Bertz CT molecular complexity index is 482. The molecule has 0 unspecified atom stereocenters. The van der Waals surface area contributed by atoms with E-state index >= 15 is 0 Å². The van der Waals surface area contributed by atoms with Crippen molar-refractivity contribution in [3.8, 4) is 5.75 Å². The van der Waals surface area contributed by atoms with Crippen LogP contribution in [-0.2, 0) is 13.2 Å². The molecule has 88 valence electrons. The van der Waals surface area contributed by atoms with Crippen LogP contribution in [0.4, 0.5) is 0 Å². The van der Waals surface area contributed by atoms with Gasteiger partial charge >= 0.3 is 0 Å². The van der Waals surface area contributed by atoms with Crippen molar-refractivity contribution >= 4 is 15.9 Å². The molecule has 2 nitrogen and oxygen atoms in total. The topological polar surface area (TPSA) is 35.2 Å². The van der Waals surface area contributed by atoms with Crippen LogP contribution in [0.2, 0.25) is 0 Å². The quantitative estimate of drug-likeness (QED) is 0.936. The van der Waals surface area contributed by atoms with Crippen LogP contribution in [0.25, 0.3) is 0 Å². The van der Waals surface area contributed by atoms with Crippen molar-refractivity contribution in [2.45, 2.75) is 13.2 Å². The smallest absolute Gasteiger partial charge is 0.119 e. The first kappa shape index (κ1) is 12.1. The van der Waals surface area contributed by atoms with Gasteiger partial charge in [-0.1, -0.05) is 46.3 Å². The van der Waals surface area contributed by atoms with Gasteiger partial charge in [-0.3, -0.25) is 0 Å². The van der Waals surface area contributed by atoms with Gasteiger partial charge in [0.05, 0.1) is 0 Å². The van der Waals surface area contributed by atoms with E-state index in [-0.39, 0.29) is 0 Å². The maximum absolute atomic E-state index is 5.70. The molecule has 2 aromatic rings. The van der Waals surface area contributed by atoms with E-state index in [1.54, 1.807) is 0 Å². The van der Waals surface area contributed by atoms with Gasteiger partial charge in [0.1, 0.15) is 12.4 Å². The van der Waals surface area contributed by atoms with E-state index in [1.807, 2.05) is 48.5 Å². The van der Waals surface area contributed by atoms with E-state index < -0.39 is 0 Å². The molecule has 0 bridgehead atoms. The Labute approximate surface area is 110 Å². The van der Waals surface area contributed by atoms with Crippen LogP contribution in [0.1, 0.15) is 11.1 Å². The Morgan fingerprint density at radius 2 is 1.71 bits per heavy atom. The van der Waals surface area contributed by atoms with Gasteiger partial charge in [-0.2, -0.15) is 0 Å². The van der Waals surface area contributed by atoms with E-state index in [4.69, 9.17) is 10.5 Å². The summed E-state index contributed by atoms with van der Waals surface area (Å²) in [6.07, 6.45) is 0. The zero-order valence-electron chi connectivity index (χ0n) is 9.40. The molecule has 0 saturated heterocycles. The van der Waals surface area contributed by atoms with E-state index in [2.05, 4.69) is 15.9 Å². The minimum absolute atomic E-state index is 0.559. The fourth-order valence-electron chi connectivity index (χ4n) is 1.50. The van der Waals surface area contributed by atoms with Gasteiger partial charge in [0.2, 0.25) is 0 Å². The summed E-state index contributed by atoms with van der Waals surface area (Å²) in [7, 11) is 0. The lowest BCUT2D eigenvalue weighted by Crippen LogP contribution is -1.98. The normalized spacial score (nSPS) is 10.2. The SMILES string of the molecule is NCc1ccc(OCc2ccccc2Br)cc1. The Balaban J connectivity index is 2.00. The highest BCUT2D eigenvalue weighted by Crippen LogP contribution is 2.19. The van der Waals surface area contributed by atoms with Crippen LogP contribution >= 0.6 is 15.9 Å². The lowest BCUT2D eigenvalue weighted by molar-refractivity contribution is 0.305. The van der Waals surface area contributed by atoms with Crippen LogP contribution in [-0.4, -0.2) is 0 Å². The number of ether oxygens (including phenoxy) is 1. The van der Waals surface area contributed by atoms with Crippen LogP contribution in [0.5, 0.6) is 5.75 Å². The molecule has 0 saturated carbocycles. The fraction of sp³-hybridized carbons (Fsp3) is 0.143. The Morgan fingerprint density at radius 1 is 1.00 bits per heavy atom. The van der Waals surface area contributed by atoms with E-state index in [0.717, 1.165) is 21.3 Å². The number of rotatable bonds is 4. The number of hydrogen-bond donors (Lipinski definition) is 1. The standard InChI is InChI=1S/C14H14BrNO/c15-14-4-2-1-3-12(14)10-17-13-7-5-11(9-16)6-8-13/h1-8H,9-10,16H2. The highest BCUT2D eigenvalue weighted by molar-refractivity contribution is 9.10. The molecule has 2 aromatic carbocycles. The summed E-state index contributed by atoms with van der Waals surface area (Å²) >= 11 is 3.50. The van der Waals surface area contributed by atoms with Crippen LogP contribution < -0.4 is 10.5 Å². The van der Waals surface area contributed by atoms with Gasteiger partial charge in [0.25, 0.3) is 0 Å². The van der Waals surface area contributed by atoms with E-state index in [9.17, 15) is 0 Å². The minimum atomic E-state index is 0.559. The molecule has 0 aliphatic carbocycles. The zero-order valence-corrected chi connectivity index (χ0v) is 11.0. The van der Waals surface area contributed by atoms with Crippen molar-refractivity contribution in [3.63, 3.8) is 0 Å². The Morgan fingerprint density at radius 3 is 2.35 bits per heavy atom. The molecule has 0 aromatic heterocycles. The molecule has 17 heavy (non-hydrogen) atoms. The number of hydrogen-bond acceptors (Lipinski definition) is 2. The van der Waals surface area contributed by atoms with Crippen LogP contribution in [0, 0.1) is 0 Å². The van der Waals surface area contributed by atoms with Gasteiger partial charge in [-0.15, -0.1) is 0 Å². The summed E-state index contributed by atoms with van der Waals surface area (Å²) in [5.41, 5.74) is 7.78. The number of benzene rings is 2. The molecule has 0 aliphatic rings. The molecule has 0 amide bonds. The first-order valence-corrected chi connectivity index (χ1v) is 6.24. The van der Waals surface area contributed by atoms with Crippen molar-refractivity contribution in [1.82, 2.24) is 0 Å². The molecule has 0 aliphatic heterocycles. The van der Waals surface area contributed by atoms with Crippen molar-refractivity contribution in [2.75, 3.05) is 0 Å². The lowest BCUT2D eigenvalue weighted by Gasteiger charge is -2.08. The molecule has 2 N–H and O–H groups in total. The highest BCUT2D eigenvalue weighted by atomic mass is 79.9. The van der Waals surface area contributed by atoms with Crippen molar-refractivity contribution in [2.24, 2.45) is 5.73 Å². The third kappa shape index (κ3) is 3.32. The molecule has 0 atom stereocenters. The van der Waals surface area contributed by atoms with Crippen LogP contribution in [0.15, 0.2) is 53.0 Å². The van der Waals surface area contributed by atoms with E-state index in [1.165, 1.54) is 0 Å². The molecule has 0 fully saturated rings. The highest BCUT2D eigenvalue weighted by Gasteiger charge is 1.99. The Kier molecular flexibility index (Phi) is 4.18. The van der Waals surface area contributed by atoms with Gasteiger partial charge in [0.15, 0.2) is 0 Å². The third-order valence-corrected chi connectivity index (χ3v) is 3.28. The first-order valence-electron chi connectivity index (χ1n) is 5.45.